The van der Waals surface area contributed by atoms with Gasteiger partial charge in [0.25, 0.3) is 0 Å². The standard InChI is InChI=1S/C11H15NO3Si/c1-16(2,3)7-6-9-4-5-10(15-9)8-14-11(12)13/h4-5H,8H2,1-3H3,(H2,12,13). The summed E-state index contributed by atoms with van der Waals surface area (Å²) in [5.41, 5.74) is 8.02. The molecule has 0 aliphatic rings. The van der Waals surface area contributed by atoms with E-state index in [0.29, 0.717) is 11.5 Å². The number of primary amides is 1. The van der Waals surface area contributed by atoms with Crippen molar-refractivity contribution in [1.82, 2.24) is 0 Å². The Labute approximate surface area is 95.8 Å². The molecule has 0 unspecified atom stereocenters. The summed E-state index contributed by atoms with van der Waals surface area (Å²) >= 11 is 0. The molecule has 0 aromatic carbocycles. The molecule has 5 heteroatoms. The molecule has 1 amide bonds. The molecular weight excluding hydrogens is 222 g/mol. The molecule has 1 heterocycles. The number of carbonyl (C=O) groups excluding carboxylic acids is 1. The molecular formula is C11H15NO3Si. The van der Waals surface area contributed by atoms with E-state index in [2.05, 4.69) is 35.8 Å². The third-order valence-electron chi connectivity index (χ3n) is 1.58. The van der Waals surface area contributed by atoms with E-state index < -0.39 is 14.2 Å². The van der Waals surface area contributed by atoms with Gasteiger partial charge in [-0.3, -0.25) is 0 Å². The van der Waals surface area contributed by atoms with Crippen LogP contribution >= 0.6 is 0 Å². The number of carbonyl (C=O) groups is 1. The smallest absolute Gasteiger partial charge is 0.404 e. The van der Waals surface area contributed by atoms with Crippen LogP contribution in [0.5, 0.6) is 0 Å². The Balaban J connectivity index is 2.64. The average molecular weight is 237 g/mol. The Bertz CT molecular complexity index is 434. The monoisotopic (exact) mass is 237 g/mol. The highest BCUT2D eigenvalue weighted by molar-refractivity contribution is 6.83. The zero-order chi connectivity index (χ0) is 12.2. The first-order valence-corrected chi connectivity index (χ1v) is 8.41. The Morgan fingerprint density at radius 2 is 2.19 bits per heavy atom. The molecule has 1 aromatic rings. The first-order chi connectivity index (χ1) is 7.37. The molecule has 1 aromatic heterocycles. The minimum Gasteiger partial charge on any atom is -0.449 e. The van der Waals surface area contributed by atoms with Gasteiger partial charge in [0.05, 0.1) is 0 Å². The molecule has 0 atom stereocenters. The van der Waals surface area contributed by atoms with Crippen molar-refractivity contribution in [3.63, 3.8) is 0 Å². The molecule has 0 fully saturated rings. The second-order valence-corrected chi connectivity index (χ2v) is 9.12. The van der Waals surface area contributed by atoms with Gasteiger partial charge in [-0.2, -0.15) is 0 Å². The van der Waals surface area contributed by atoms with Crippen LogP contribution in [0.1, 0.15) is 11.5 Å². The SMILES string of the molecule is C[Si](C)(C)C#Cc1ccc(COC(N)=O)o1. The molecule has 4 nitrogen and oxygen atoms in total. The Hall–Kier alpha value is -1.67. The molecule has 0 bridgehead atoms. The lowest BCUT2D eigenvalue weighted by Gasteiger charge is -2.02. The van der Waals surface area contributed by atoms with Crippen LogP contribution in [0.2, 0.25) is 19.6 Å². The molecule has 2 N–H and O–H groups in total. The molecule has 0 saturated heterocycles. The predicted octanol–water partition coefficient (Wildman–Crippen LogP) is 2.10. The summed E-state index contributed by atoms with van der Waals surface area (Å²) < 4.78 is 9.94. The van der Waals surface area contributed by atoms with Crippen molar-refractivity contribution in [2.24, 2.45) is 5.73 Å². The summed E-state index contributed by atoms with van der Waals surface area (Å²) in [6.07, 6.45) is -0.814. The van der Waals surface area contributed by atoms with Crippen LogP contribution in [0.15, 0.2) is 16.5 Å². The third-order valence-corrected chi connectivity index (χ3v) is 2.45. The van der Waals surface area contributed by atoms with Crippen molar-refractivity contribution < 1.29 is 13.9 Å². The van der Waals surface area contributed by atoms with E-state index in [0.717, 1.165) is 0 Å². The Morgan fingerprint density at radius 3 is 2.75 bits per heavy atom. The lowest BCUT2D eigenvalue weighted by molar-refractivity contribution is 0.141. The fourth-order valence-corrected chi connectivity index (χ4v) is 1.41. The Morgan fingerprint density at radius 1 is 1.50 bits per heavy atom. The van der Waals surface area contributed by atoms with Gasteiger partial charge in [-0.1, -0.05) is 19.6 Å². The van der Waals surface area contributed by atoms with Gasteiger partial charge in [0.15, 0.2) is 12.4 Å². The van der Waals surface area contributed by atoms with Crippen molar-refractivity contribution >= 4 is 14.2 Å². The van der Waals surface area contributed by atoms with Crippen LogP contribution < -0.4 is 5.73 Å². The quantitative estimate of drug-likeness (QED) is 0.632. The summed E-state index contributed by atoms with van der Waals surface area (Å²) in [6, 6.07) is 3.48. The number of hydrogen-bond acceptors (Lipinski definition) is 3. The molecule has 86 valence electrons. The number of rotatable bonds is 2. The largest absolute Gasteiger partial charge is 0.449 e. The van der Waals surface area contributed by atoms with E-state index in [1.54, 1.807) is 12.1 Å². The summed E-state index contributed by atoms with van der Waals surface area (Å²) in [6.45, 7) is 6.50. The summed E-state index contributed by atoms with van der Waals surface area (Å²) in [5.74, 6) is 4.09. The maximum atomic E-state index is 10.4. The second-order valence-electron chi connectivity index (χ2n) is 4.37. The van der Waals surface area contributed by atoms with Gasteiger partial charge >= 0.3 is 6.09 Å². The fourth-order valence-electron chi connectivity index (χ4n) is 0.914. The molecule has 0 aliphatic heterocycles. The molecule has 16 heavy (non-hydrogen) atoms. The van der Waals surface area contributed by atoms with Crippen LogP contribution in [0, 0.1) is 11.5 Å². The van der Waals surface area contributed by atoms with Gasteiger partial charge < -0.3 is 14.9 Å². The predicted molar refractivity (Wildman–Crippen MR) is 63.3 cm³/mol. The fraction of sp³-hybridized carbons (Fsp3) is 0.364. The first-order valence-electron chi connectivity index (χ1n) is 4.91. The number of amides is 1. The van der Waals surface area contributed by atoms with Crippen LogP contribution in [-0.4, -0.2) is 14.2 Å². The lowest BCUT2D eigenvalue weighted by atomic mass is 10.4. The lowest BCUT2D eigenvalue weighted by Crippen LogP contribution is -2.16. The molecule has 0 radical (unpaired) electrons. The van der Waals surface area contributed by atoms with Gasteiger partial charge in [-0.25, -0.2) is 4.79 Å². The van der Waals surface area contributed by atoms with Crippen molar-refractivity contribution in [3.8, 4) is 11.5 Å². The summed E-state index contributed by atoms with van der Waals surface area (Å²) in [4.78, 5) is 10.4. The number of ether oxygens (including phenoxy) is 1. The number of nitrogens with two attached hydrogens (primary N) is 1. The number of hydrogen-bond donors (Lipinski definition) is 1. The minimum absolute atomic E-state index is 0.0456. The highest BCUT2D eigenvalue weighted by atomic mass is 28.3. The molecule has 0 aliphatic carbocycles. The van der Waals surface area contributed by atoms with E-state index >= 15 is 0 Å². The van der Waals surface area contributed by atoms with Crippen molar-refractivity contribution in [2.75, 3.05) is 0 Å². The van der Waals surface area contributed by atoms with Gasteiger partial charge in [-0.15, -0.1) is 5.54 Å². The molecule has 1 rings (SSSR count). The third kappa shape index (κ3) is 4.71. The average Bonchev–Trinajstić information content (AvgIpc) is 2.58. The van der Waals surface area contributed by atoms with Crippen molar-refractivity contribution in [3.05, 3.63) is 23.7 Å². The van der Waals surface area contributed by atoms with Crippen LogP contribution in [-0.2, 0) is 11.3 Å². The first kappa shape index (κ1) is 12.4. The maximum Gasteiger partial charge on any atom is 0.404 e. The van der Waals surface area contributed by atoms with Gasteiger partial charge in [0.1, 0.15) is 13.8 Å². The van der Waals surface area contributed by atoms with Crippen LogP contribution in [0.4, 0.5) is 4.79 Å². The maximum absolute atomic E-state index is 10.4. The second kappa shape index (κ2) is 4.90. The normalized spacial score (nSPS) is 10.4. The van der Waals surface area contributed by atoms with Crippen molar-refractivity contribution in [1.29, 1.82) is 0 Å². The van der Waals surface area contributed by atoms with Crippen LogP contribution in [0.25, 0.3) is 0 Å². The summed E-state index contributed by atoms with van der Waals surface area (Å²) in [5, 5.41) is 0. The van der Waals surface area contributed by atoms with E-state index in [4.69, 9.17) is 10.2 Å². The van der Waals surface area contributed by atoms with Gasteiger partial charge in [-0.05, 0) is 18.1 Å². The topological polar surface area (TPSA) is 65.5 Å². The highest BCUT2D eigenvalue weighted by Gasteiger charge is 2.08. The van der Waals surface area contributed by atoms with E-state index in [9.17, 15) is 4.79 Å². The van der Waals surface area contributed by atoms with Gasteiger partial charge in [0, 0.05) is 0 Å². The van der Waals surface area contributed by atoms with Crippen LogP contribution in [0.3, 0.4) is 0 Å². The van der Waals surface area contributed by atoms with Crippen molar-refractivity contribution in [2.45, 2.75) is 26.2 Å². The molecule has 0 spiro atoms. The zero-order valence-electron chi connectivity index (χ0n) is 9.66. The van der Waals surface area contributed by atoms with Gasteiger partial charge in [0.2, 0.25) is 0 Å². The number of furan rings is 1. The van der Waals surface area contributed by atoms with E-state index in [1.807, 2.05) is 0 Å². The Kier molecular flexibility index (Phi) is 3.80. The molecule has 0 saturated carbocycles. The minimum atomic E-state index is -1.39. The zero-order valence-corrected chi connectivity index (χ0v) is 10.7. The summed E-state index contributed by atoms with van der Waals surface area (Å²) in [7, 11) is -1.39. The highest BCUT2D eigenvalue weighted by Crippen LogP contribution is 2.08. The van der Waals surface area contributed by atoms with E-state index in [1.165, 1.54) is 0 Å². The van der Waals surface area contributed by atoms with E-state index in [-0.39, 0.29) is 6.61 Å².